The zero-order valence-corrected chi connectivity index (χ0v) is 4.78. The molecule has 0 amide bonds. The summed E-state index contributed by atoms with van der Waals surface area (Å²) in [6.07, 6.45) is 0. The highest BCUT2D eigenvalue weighted by Crippen LogP contribution is 1.79. The van der Waals surface area contributed by atoms with Crippen molar-refractivity contribution < 1.29 is 10.0 Å². The fourth-order valence-electron chi connectivity index (χ4n) is 0.610. The molecule has 0 aliphatic heterocycles. The summed E-state index contributed by atoms with van der Waals surface area (Å²) in [7, 11) is -1.84. The quantitative estimate of drug-likeness (QED) is 0.406. The van der Waals surface area contributed by atoms with Crippen molar-refractivity contribution in [2.45, 2.75) is 0 Å². The molecule has 0 aliphatic rings. The molecule has 0 saturated carbocycles. The van der Waals surface area contributed by atoms with Gasteiger partial charge >= 0.3 is 0 Å². The summed E-state index contributed by atoms with van der Waals surface area (Å²) in [4.78, 5) is 0. The minimum atomic E-state index is -1.84. The third-order valence-corrected chi connectivity index (χ3v) is 1.07. The molecule has 0 unspecified atom stereocenters. The molecule has 0 fully saturated rings. The number of benzene rings is 1. The summed E-state index contributed by atoms with van der Waals surface area (Å²) < 4.78 is 0. The third-order valence-electron chi connectivity index (χ3n) is 1.07. The first-order chi connectivity index (χ1) is 4.30. The molecule has 3 heteroatoms. The van der Waals surface area contributed by atoms with Crippen molar-refractivity contribution in [1.29, 1.82) is 0 Å². The van der Waals surface area contributed by atoms with E-state index in [1.54, 1.807) is 18.2 Å². The highest BCUT2D eigenvalue weighted by Gasteiger charge is 1.80. The van der Waals surface area contributed by atoms with Crippen LogP contribution in [-0.2, 0) is 0 Å². The van der Waals surface area contributed by atoms with Crippen LogP contribution in [0.25, 0.3) is 0 Å². The summed E-state index contributed by atoms with van der Waals surface area (Å²) in [6, 6.07) is 8.19. The van der Waals surface area contributed by atoms with E-state index in [2.05, 4.69) is 0 Å². The monoisotopic (exact) mass is 120 g/mol. The Hall–Kier alpha value is -0.795. The van der Waals surface area contributed by atoms with E-state index >= 15 is 0 Å². The van der Waals surface area contributed by atoms with Gasteiger partial charge in [-0.15, -0.1) is 5.46 Å². The Balaban J connectivity index is 2.85. The normalized spacial score (nSPS) is 9.11. The van der Waals surface area contributed by atoms with Gasteiger partial charge in [0.25, 0.3) is 0 Å². The molecular formula is C6H5BO2-2. The lowest BCUT2D eigenvalue weighted by Gasteiger charge is -2.26. The van der Waals surface area contributed by atoms with Crippen LogP contribution in [0.1, 0.15) is 0 Å². The summed E-state index contributed by atoms with van der Waals surface area (Å²) in [5.74, 6) is 0. The molecule has 0 bridgehead atoms. The zero-order valence-electron chi connectivity index (χ0n) is 4.78. The molecule has 0 radical (unpaired) electrons. The van der Waals surface area contributed by atoms with E-state index in [1.807, 2.05) is 0 Å². The molecule has 2 nitrogen and oxygen atoms in total. The minimum Gasteiger partial charge on any atom is -0.889 e. The van der Waals surface area contributed by atoms with Crippen LogP contribution in [0.3, 0.4) is 0 Å². The van der Waals surface area contributed by atoms with Crippen molar-refractivity contribution >= 4 is 12.6 Å². The van der Waals surface area contributed by atoms with Crippen LogP contribution in [0, 0.1) is 0 Å². The number of rotatable bonds is 1. The Labute approximate surface area is 53.9 Å². The summed E-state index contributed by atoms with van der Waals surface area (Å²) in [5, 5.41) is 20.3. The molecule has 0 spiro atoms. The molecule has 0 atom stereocenters. The van der Waals surface area contributed by atoms with Crippen LogP contribution in [0.4, 0.5) is 0 Å². The molecule has 0 aromatic heterocycles. The van der Waals surface area contributed by atoms with Gasteiger partial charge in [0.2, 0.25) is 0 Å². The van der Waals surface area contributed by atoms with Crippen molar-refractivity contribution in [2.24, 2.45) is 0 Å². The van der Waals surface area contributed by atoms with E-state index in [-0.39, 0.29) is 0 Å². The van der Waals surface area contributed by atoms with E-state index in [9.17, 15) is 10.0 Å². The van der Waals surface area contributed by atoms with Gasteiger partial charge in [0.1, 0.15) is 0 Å². The van der Waals surface area contributed by atoms with E-state index in [0.717, 1.165) is 0 Å². The fraction of sp³-hybridized carbons (Fsp3) is 0. The Kier molecular flexibility index (Phi) is 1.87. The molecule has 0 N–H and O–H groups in total. The first kappa shape index (κ1) is 6.33. The van der Waals surface area contributed by atoms with Crippen LogP contribution in [0.2, 0.25) is 0 Å². The Morgan fingerprint density at radius 1 is 1.00 bits per heavy atom. The van der Waals surface area contributed by atoms with Crippen molar-refractivity contribution in [3.63, 3.8) is 0 Å². The van der Waals surface area contributed by atoms with Crippen molar-refractivity contribution in [3.8, 4) is 0 Å². The van der Waals surface area contributed by atoms with Gasteiger partial charge in [-0.1, -0.05) is 37.5 Å². The predicted molar refractivity (Wildman–Crippen MR) is 31.8 cm³/mol. The van der Waals surface area contributed by atoms with Crippen LogP contribution in [-0.4, -0.2) is 7.12 Å². The van der Waals surface area contributed by atoms with Gasteiger partial charge in [-0.25, -0.2) is 0 Å². The van der Waals surface area contributed by atoms with Crippen LogP contribution in [0.5, 0.6) is 0 Å². The van der Waals surface area contributed by atoms with Crippen molar-refractivity contribution in [2.75, 3.05) is 0 Å². The first-order valence-electron chi connectivity index (χ1n) is 2.67. The summed E-state index contributed by atoms with van der Waals surface area (Å²) >= 11 is 0. The van der Waals surface area contributed by atoms with E-state index in [0.29, 0.717) is 5.46 Å². The highest BCUT2D eigenvalue weighted by atomic mass is 16.4. The molecule has 1 aromatic carbocycles. The largest absolute Gasteiger partial charge is 0.889 e. The van der Waals surface area contributed by atoms with Gasteiger partial charge in [-0.3, -0.25) is 0 Å². The summed E-state index contributed by atoms with van der Waals surface area (Å²) in [6.45, 7) is 0. The van der Waals surface area contributed by atoms with E-state index < -0.39 is 7.12 Å². The predicted octanol–water partition coefficient (Wildman–Crippen LogP) is -1.90. The summed E-state index contributed by atoms with van der Waals surface area (Å²) in [5.41, 5.74) is 0.303. The molecule has 9 heavy (non-hydrogen) atoms. The second-order valence-electron chi connectivity index (χ2n) is 1.74. The highest BCUT2D eigenvalue weighted by molar-refractivity contribution is 6.55. The Morgan fingerprint density at radius 2 is 1.56 bits per heavy atom. The van der Waals surface area contributed by atoms with Gasteiger partial charge in [0.15, 0.2) is 0 Å². The number of hydrogen-bond donors (Lipinski definition) is 0. The van der Waals surface area contributed by atoms with Gasteiger partial charge in [-0.2, -0.15) is 0 Å². The van der Waals surface area contributed by atoms with Gasteiger partial charge in [-0.05, 0) is 0 Å². The van der Waals surface area contributed by atoms with Crippen LogP contribution in [0.15, 0.2) is 30.3 Å². The van der Waals surface area contributed by atoms with E-state index in [4.69, 9.17) is 0 Å². The molecular weight excluding hydrogens is 115 g/mol. The molecule has 0 heterocycles. The average Bonchev–Trinajstić information content (AvgIpc) is 1.90. The van der Waals surface area contributed by atoms with E-state index in [1.165, 1.54) is 12.1 Å². The third kappa shape index (κ3) is 1.55. The lowest BCUT2D eigenvalue weighted by atomic mass is 9.81. The first-order valence-corrected chi connectivity index (χ1v) is 2.67. The molecule has 1 rings (SSSR count). The average molecular weight is 120 g/mol. The Morgan fingerprint density at radius 3 is 1.89 bits per heavy atom. The van der Waals surface area contributed by atoms with Gasteiger partial charge < -0.3 is 10.0 Å². The van der Waals surface area contributed by atoms with Crippen molar-refractivity contribution in [3.05, 3.63) is 30.3 Å². The second-order valence-corrected chi connectivity index (χ2v) is 1.74. The van der Waals surface area contributed by atoms with Crippen LogP contribution >= 0.6 is 0 Å². The minimum absolute atomic E-state index is 0.303. The maximum atomic E-state index is 10.2. The topological polar surface area (TPSA) is 46.1 Å². The zero-order chi connectivity index (χ0) is 6.69. The lowest BCUT2D eigenvalue weighted by molar-refractivity contribution is -0.341. The van der Waals surface area contributed by atoms with Crippen molar-refractivity contribution in [1.82, 2.24) is 0 Å². The maximum absolute atomic E-state index is 10.2. The lowest BCUT2D eigenvalue weighted by Crippen LogP contribution is -2.54. The molecule has 46 valence electrons. The molecule has 1 aromatic rings. The maximum Gasteiger partial charge on any atom is -0.0623 e. The standard InChI is InChI=1S/C6H5BO2/c8-7(9)6-4-2-1-3-5-6/h1-5H/q-2. The SMILES string of the molecule is [O-]B([O-])c1ccccc1. The van der Waals surface area contributed by atoms with Gasteiger partial charge in [0.05, 0.1) is 0 Å². The van der Waals surface area contributed by atoms with Crippen LogP contribution < -0.4 is 15.5 Å². The smallest absolute Gasteiger partial charge is 0.0623 e. The molecule has 0 aliphatic carbocycles. The Bertz CT molecular complexity index is 174. The second kappa shape index (κ2) is 2.66. The number of hydrogen-bond acceptors (Lipinski definition) is 2. The molecule has 0 saturated heterocycles. The fourth-order valence-corrected chi connectivity index (χ4v) is 0.610. The van der Waals surface area contributed by atoms with Gasteiger partial charge in [0, 0.05) is 0 Å².